The van der Waals surface area contributed by atoms with Crippen LogP contribution in [0.1, 0.15) is 5.56 Å². The summed E-state index contributed by atoms with van der Waals surface area (Å²) in [6.07, 6.45) is 7.34. The number of benzene rings is 1. The minimum Gasteiger partial charge on any atom is -0.0843 e. The molecule has 1 aromatic rings. The quantitative estimate of drug-likeness (QED) is 0.602. The molecule has 0 nitrogen and oxygen atoms in total. The Morgan fingerprint density at radius 1 is 1.30 bits per heavy atom. The summed E-state index contributed by atoms with van der Waals surface area (Å²) in [6.45, 7) is 0. The van der Waals surface area contributed by atoms with Gasteiger partial charge in [0.25, 0.3) is 0 Å². The molecular weight excluding hydrogens is 188 g/mol. The third kappa shape index (κ3) is 1.89. The summed E-state index contributed by atoms with van der Waals surface area (Å²) >= 11 is 3.33. The van der Waals surface area contributed by atoms with Crippen molar-refractivity contribution in [3.63, 3.8) is 0 Å². The molecule has 0 unspecified atom stereocenters. The van der Waals surface area contributed by atoms with Crippen LogP contribution in [0.3, 0.4) is 0 Å². The lowest BCUT2D eigenvalue weighted by atomic mass is 10.2. The minimum absolute atomic E-state index is 0.604. The van der Waals surface area contributed by atoms with Gasteiger partial charge >= 0.3 is 0 Å². The van der Waals surface area contributed by atoms with E-state index in [0.717, 1.165) is 10.0 Å². The minimum atomic E-state index is 0.604. The second kappa shape index (κ2) is 3.43. The van der Waals surface area contributed by atoms with E-state index in [1.165, 1.54) is 0 Å². The number of rotatable bonds is 1. The van der Waals surface area contributed by atoms with Gasteiger partial charge in [-0.3, -0.25) is 0 Å². The fourth-order valence-corrected chi connectivity index (χ4v) is 0.969. The highest BCUT2D eigenvalue weighted by molar-refractivity contribution is 9.10. The lowest BCUT2D eigenvalue weighted by Gasteiger charge is -1.92. The highest BCUT2D eigenvalue weighted by Gasteiger charge is 1.87. The molecule has 0 aliphatic carbocycles. The van der Waals surface area contributed by atoms with Crippen LogP contribution < -0.4 is 0 Å². The van der Waals surface area contributed by atoms with Gasteiger partial charge in [0.05, 0.1) is 0 Å². The summed E-state index contributed by atoms with van der Waals surface area (Å²) in [7, 11) is 0. The molecule has 1 radical (unpaired) electrons. The summed E-state index contributed by atoms with van der Waals surface area (Å²) in [6, 6.07) is 7.89. The van der Waals surface area contributed by atoms with Crippen LogP contribution in [0, 0.1) is 12.3 Å². The van der Waals surface area contributed by atoms with Crippen molar-refractivity contribution in [3.05, 3.63) is 40.7 Å². The molecule has 0 fully saturated rings. The number of hydrogen-bond donors (Lipinski definition) is 0. The van der Waals surface area contributed by atoms with Gasteiger partial charge in [-0.1, -0.05) is 34.0 Å². The monoisotopic (exact) mass is 193 g/mol. The van der Waals surface area contributed by atoms with E-state index in [2.05, 4.69) is 21.9 Å². The van der Waals surface area contributed by atoms with Gasteiger partial charge in [-0.05, 0) is 24.1 Å². The molecule has 0 N–H and O–H groups in total. The zero-order chi connectivity index (χ0) is 7.40. The molecule has 49 valence electrons. The Kier molecular flexibility index (Phi) is 2.53. The van der Waals surface area contributed by atoms with Crippen LogP contribution in [0.2, 0.25) is 0 Å². The van der Waals surface area contributed by atoms with E-state index in [1.54, 1.807) is 0 Å². The van der Waals surface area contributed by atoms with Crippen LogP contribution in [-0.2, 0) is 6.42 Å². The van der Waals surface area contributed by atoms with Gasteiger partial charge in [-0.15, -0.1) is 0 Å². The zero-order valence-corrected chi connectivity index (χ0v) is 6.98. The van der Waals surface area contributed by atoms with Crippen LogP contribution in [-0.4, -0.2) is 0 Å². The van der Waals surface area contributed by atoms with Gasteiger partial charge in [0.1, 0.15) is 0 Å². The summed E-state index contributed by atoms with van der Waals surface area (Å²) in [5.41, 5.74) is 1.12. The number of hydrogen-bond acceptors (Lipinski definition) is 0. The molecule has 1 heteroatoms. The van der Waals surface area contributed by atoms with E-state index < -0.39 is 0 Å². The molecule has 0 saturated carbocycles. The zero-order valence-electron chi connectivity index (χ0n) is 5.39. The average molecular weight is 194 g/mol. The Hall–Kier alpha value is -0.740. The molecule has 0 saturated heterocycles. The van der Waals surface area contributed by atoms with Crippen molar-refractivity contribution in [2.45, 2.75) is 6.42 Å². The standard InChI is InChI=1S/C9H6Br/c1-2-3-8-4-6-9(10)7-5-8/h4-7H,3H2. The summed E-state index contributed by atoms with van der Waals surface area (Å²) in [4.78, 5) is 0. The normalized spacial score (nSPS) is 8.80. The van der Waals surface area contributed by atoms with Gasteiger partial charge in [-0.2, -0.15) is 0 Å². The van der Waals surface area contributed by atoms with Crippen LogP contribution >= 0.6 is 15.9 Å². The Morgan fingerprint density at radius 2 is 1.90 bits per heavy atom. The van der Waals surface area contributed by atoms with Gasteiger partial charge < -0.3 is 0 Å². The van der Waals surface area contributed by atoms with E-state index in [4.69, 9.17) is 6.42 Å². The third-order valence-electron chi connectivity index (χ3n) is 1.21. The van der Waals surface area contributed by atoms with Crippen molar-refractivity contribution in [3.8, 4) is 5.92 Å². The van der Waals surface area contributed by atoms with Crippen molar-refractivity contribution in [1.82, 2.24) is 0 Å². The lowest BCUT2D eigenvalue weighted by molar-refractivity contribution is 1.31. The third-order valence-corrected chi connectivity index (χ3v) is 1.73. The summed E-state index contributed by atoms with van der Waals surface area (Å²) < 4.78 is 1.07. The predicted molar refractivity (Wildman–Crippen MR) is 45.0 cm³/mol. The second-order valence-electron chi connectivity index (χ2n) is 1.98. The average Bonchev–Trinajstić information content (AvgIpc) is 1.95. The summed E-state index contributed by atoms with van der Waals surface area (Å²) in [5.74, 6) is 2.34. The fraction of sp³-hybridized carbons (Fsp3) is 0.111. The van der Waals surface area contributed by atoms with Gasteiger partial charge in [0.2, 0.25) is 0 Å². The van der Waals surface area contributed by atoms with Gasteiger partial charge in [-0.25, -0.2) is 0 Å². The Morgan fingerprint density at radius 3 is 2.40 bits per heavy atom. The smallest absolute Gasteiger partial charge is 0.0350 e. The first-order valence-electron chi connectivity index (χ1n) is 2.97. The van der Waals surface area contributed by atoms with Crippen LogP contribution in [0.25, 0.3) is 0 Å². The molecule has 0 atom stereocenters. The van der Waals surface area contributed by atoms with E-state index in [1.807, 2.05) is 24.3 Å². The molecule has 0 spiro atoms. The first kappa shape index (κ1) is 7.37. The van der Waals surface area contributed by atoms with E-state index in [0.29, 0.717) is 6.42 Å². The maximum absolute atomic E-state index is 6.73. The molecule has 0 aliphatic rings. The Labute approximate surface area is 69.4 Å². The van der Waals surface area contributed by atoms with Crippen LogP contribution in [0.5, 0.6) is 0 Å². The van der Waals surface area contributed by atoms with E-state index >= 15 is 0 Å². The molecule has 0 bridgehead atoms. The molecule has 10 heavy (non-hydrogen) atoms. The van der Waals surface area contributed by atoms with Gasteiger partial charge in [0.15, 0.2) is 0 Å². The second-order valence-corrected chi connectivity index (χ2v) is 2.90. The molecular formula is C9H6Br. The van der Waals surface area contributed by atoms with Crippen molar-refractivity contribution in [2.24, 2.45) is 0 Å². The topological polar surface area (TPSA) is 0 Å². The predicted octanol–water partition coefficient (Wildman–Crippen LogP) is 2.58. The van der Waals surface area contributed by atoms with Crippen molar-refractivity contribution < 1.29 is 0 Å². The molecule has 1 rings (SSSR count). The fourth-order valence-electron chi connectivity index (χ4n) is 0.704. The Balaban J connectivity index is 2.81. The maximum atomic E-state index is 6.73. The number of halogens is 1. The maximum Gasteiger partial charge on any atom is 0.0350 e. The first-order chi connectivity index (χ1) is 4.83. The van der Waals surface area contributed by atoms with Crippen molar-refractivity contribution >= 4 is 15.9 Å². The molecule has 1 aromatic carbocycles. The van der Waals surface area contributed by atoms with Crippen molar-refractivity contribution in [1.29, 1.82) is 0 Å². The van der Waals surface area contributed by atoms with E-state index in [-0.39, 0.29) is 0 Å². The first-order valence-corrected chi connectivity index (χ1v) is 3.76. The lowest BCUT2D eigenvalue weighted by Crippen LogP contribution is -1.78. The summed E-state index contributed by atoms with van der Waals surface area (Å²) in [5, 5.41) is 0. The highest BCUT2D eigenvalue weighted by atomic mass is 79.9. The highest BCUT2D eigenvalue weighted by Crippen LogP contribution is 2.10. The SMILES string of the molecule is [C]#CCc1ccc(Br)cc1. The molecule has 0 heterocycles. The molecule has 0 amide bonds. The Bertz CT molecular complexity index is 240. The van der Waals surface area contributed by atoms with Crippen LogP contribution in [0.4, 0.5) is 0 Å². The molecule has 0 aliphatic heterocycles. The van der Waals surface area contributed by atoms with Crippen LogP contribution in [0.15, 0.2) is 28.7 Å². The van der Waals surface area contributed by atoms with E-state index in [9.17, 15) is 0 Å². The van der Waals surface area contributed by atoms with Gasteiger partial charge in [0, 0.05) is 10.9 Å². The largest absolute Gasteiger partial charge is 0.0843 e. The molecule has 0 aromatic heterocycles. The van der Waals surface area contributed by atoms with Crippen molar-refractivity contribution in [2.75, 3.05) is 0 Å².